The number of carbonyl (C=O) groups excluding carboxylic acids is 2. The van der Waals surface area contributed by atoms with Gasteiger partial charge in [-0.1, -0.05) is 0 Å². The predicted molar refractivity (Wildman–Crippen MR) is 91.0 cm³/mol. The highest BCUT2D eigenvalue weighted by Gasteiger charge is 2.15. The molecule has 3 aromatic rings. The van der Waals surface area contributed by atoms with E-state index in [0.717, 1.165) is 0 Å². The summed E-state index contributed by atoms with van der Waals surface area (Å²) in [6.07, 6.45) is 4.91. The Kier molecular flexibility index (Phi) is 4.87. The molecular formula is C14H12N6O2S2. The van der Waals surface area contributed by atoms with Crippen LogP contribution in [0.1, 0.15) is 16.2 Å². The van der Waals surface area contributed by atoms with Crippen LogP contribution in [-0.2, 0) is 11.2 Å². The van der Waals surface area contributed by atoms with Gasteiger partial charge < -0.3 is 5.32 Å². The second-order valence-electron chi connectivity index (χ2n) is 4.58. The first kappa shape index (κ1) is 16.1. The quantitative estimate of drug-likeness (QED) is 0.715. The Balaban J connectivity index is 1.67. The van der Waals surface area contributed by atoms with Crippen LogP contribution in [-0.4, -0.2) is 38.8 Å². The highest BCUT2D eigenvalue weighted by molar-refractivity contribution is 7.14. The van der Waals surface area contributed by atoms with E-state index in [1.807, 2.05) is 0 Å². The maximum absolute atomic E-state index is 12.2. The molecule has 0 radical (unpaired) electrons. The van der Waals surface area contributed by atoms with Gasteiger partial charge in [0.25, 0.3) is 5.91 Å². The summed E-state index contributed by atoms with van der Waals surface area (Å²) in [5.41, 5.74) is 1.50. The zero-order valence-electron chi connectivity index (χ0n) is 12.5. The van der Waals surface area contributed by atoms with E-state index >= 15 is 0 Å². The molecule has 3 heterocycles. The third kappa shape index (κ3) is 3.78. The van der Waals surface area contributed by atoms with Crippen molar-refractivity contribution in [1.82, 2.24) is 25.3 Å². The van der Waals surface area contributed by atoms with Crippen molar-refractivity contribution >= 4 is 39.6 Å². The van der Waals surface area contributed by atoms with Crippen molar-refractivity contribution < 1.29 is 9.59 Å². The first-order chi connectivity index (χ1) is 11.7. The van der Waals surface area contributed by atoms with Crippen LogP contribution in [0.25, 0.3) is 10.7 Å². The number of thiazole rings is 2. The topological polar surface area (TPSA) is 110 Å². The van der Waals surface area contributed by atoms with E-state index in [1.54, 1.807) is 36.4 Å². The average Bonchev–Trinajstić information content (AvgIpc) is 3.25. The van der Waals surface area contributed by atoms with Crippen LogP contribution in [0.3, 0.4) is 0 Å². The number of hydrogen-bond donors (Lipinski definition) is 2. The number of likely N-dealkylation sites (N-methyl/N-ethyl adjacent to an activating group) is 1. The molecule has 0 saturated carbocycles. The summed E-state index contributed by atoms with van der Waals surface area (Å²) in [6, 6.07) is 0. The molecule has 10 heteroatoms. The second-order valence-corrected chi connectivity index (χ2v) is 6.29. The van der Waals surface area contributed by atoms with E-state index in [0.29, 0.717) is 21.5 Å². The van der Waals surface area contributed by atoms with E-state index in [9.17, 15) is 9.59 Å². The smallest absolute Gasteiger partial charge is 0.276 e. The summed E-state index contributed by atoms with van der Waals surface area (Å²) in [5.74, 6) is -0.492. The molecule has 0 aliphatic heterocycles. The summed E-state index contributed by atoms with van der Waals surface area (Å²) < 4.78 is 0. The molecule has 2 N–H and O–H groups in total. The van der Waals surface area contributed by atoms with Gasteiger partial charge in [0.2, 0.25) is 5.91 Å². The van der Waals surface area contributed by atoms with Crippen LogP contribution in [0.15, 0.2) is 29.4 Å². The third-order valence-corrected chi connectivity index (χ3v) is 4.58. The van der Waals surface area contributed by atoms with Gasteiger partial charge in [-0.2, -0.15) is 0 Å². The molecule has 122 valence electrons. The summed E-state index contributed by atoms with van der Waals surface area (Å²) in [7, 11) is 1.56. The summed E-state index contributed by atoms with van der Waals surface area (Å²) >= 11 is 2.57. The van der Waals surface area contributed by atoms with E-state index in [1.165, 1.54) is 22.7 Å². The summed E-state index contributed by atoms with van der Waals surface area (Å²) in [5, 5.41) is 9.63. The summed E-state index contributed by atoms with van der Waals surface area (Å²) in [6.45, 7) is 0. The van der Waals surface area contributed by atoms with E-state index < -0.39 is 0 Å². The van der Waals surface area contributed by atoms with Crippen molar-refractivity contribution in [2.75, 3.05) is 12.4 Å². The molecule has 0 atom stereocenters. The fraction of sp³-hybridized carbons (Fsp3) is 0.143. The molecule has 0 aromatic carbocycles. The lowest BCUT2D eigenvalue weighted by molar-refractivity contribution is -0.120. The highest BCUT2D eigenvalue weighted by atomic mass is 32.1. The first-order valence-electron chi connectivity index (χ1n) is 6.84. The van der Waals surface area contributed by atoms with Gasteiger partial charge >= 0.3 is 0 Å². The van der Waals surface area contributed by atoms with Crippen molar-refractivity contribution in [1.29, 1.82) is 0 Å². The minimum Gasteiger partial charge on any atom is -0.359 e. The maximum Gasteiger partial charge on any atom is 0.276 e. The van der Waals surface area contributed by atoms with Crippen LogP contribution < -0.4 is 10.6 Å². The predicted octanol–water partition coefficient (Wildman–Crippen LogP) is 1.60. The molecule has 3 aromatic heterocycles. The van der Waals surface area contributed by atoms with Crippen LogP contribution in [0, 0.1) is 0 Å². The van der Waals surface area contributed by atoms with Gasteiger partial charge in [0.15, 0.2) is 5.13 Å². The maximum atomic E-state index is 12.2. The van der Waals surface area contributed by atoms with Crippen LogP contribution in [0.5, 0.6) is 0 Å². The Labute approximate surface area is 145 Å². The second kappa shape index (κ2) is 7.23. The number of carbonyl (C=O) groups is 2. The molecule has 0 unspecified atom stereocenters. The summed E-state index contributed by atoms with van der Waals surface area (Å²) in [4.78, 5) is 40.1. The average molecular weight is 360 g/mol. The van der Waals surface area contributed by atoms with Crippen LogP contribution >= 0.6 is 22.7 Å². The van der Waals surface area contributed by atoms with Crippen molar-refractivity contribution in [2.45, 2.75) is 6.42 Å². The number of nitrogens with zero attached hydrogens (tertiary/aromatic N) is 4. The monoisotopic (exact) mass is 360 g/mol. The minimum absolute atomic E-state index is 0.133. The molecule has 3 rings (SSSR count). The van der Waals surface area contributed by atoms with Gasteiger partial charge in [0.05, 0.1) is 18.3 Å². The number of aromatic nitrogens is 4. The lowest BCUT2D eigenvalue weighted by Gasteiger charge is -1.98. The number of nitrogens with one attached hydrogen (secondary N) is 2. The van der Waals surface area contributed by atoms with Gasteiger partial charge in [-0.25, -0.2) is 9.97 Å². The molecule has 2 amide bonds. The number of rotatable bonds is 5. The number of anilines is 1. The van der Waals surface area contributed by atoms with Gasteiger partial charge in [0, 0.05) is 30.2 Å². The highest BCUT2D eigenvalue weighted by Crippen LogP contribution is 2.22. The first-order valence-corrected chi connectivity index (χ1v) is 8.60. The largest absolute Gasteiger partial charge is 0.359 e. The van der Waals surface area contributed by atoms with E-state index in [4.69, 9.17) is 0 Å². The van der Waals surface area contributed by atoms with Gasteiger partial charge in [-0.15, -0.1) is 22.7 Å². The van der Waals surface area contributed by atoms with Crippen molar-refractivity contribution in [3.63, 3.8) is 0 Å². The molecule has 0 fully saturated rings. The fourth-order valence-electron chi connectivity index (χ4n) is 1.76. The zero-order chi connectivity index (χ0) is 16.9. The molecule has 0 spiro atoms. The number of amides is 2. The SMILES string of the molecule is CNC(=O)Cc1csc(NC(=O)c2csc(-c3cnccn3)n2)n1. The standard InChI is InChI=1S/C14H12N6O2S2/c1-15-11(21)4-8-6-24-14(18-8)20-12(22)10-7-23-13(19-10)9-5-16-2-3-17-9/h2-3,5-7H,4H2,1H3,(H,15,21)(H,18,20,22). The van der Waals surface area contributed by atoms with Crippen molar-refractivity contribution in [2.24, 2.45) is 0 Å². The molecule has 0 bridgehead atoms. The van der Waals surface area contributed by atoms with Gasteiger partial charge in [-0.3, -0.25) is 24.9 Å². The molecule has 0 aliphatic rings. The molecular weight excluding hydrogens is 348 g/mol. The number of hydrogen-bond acceptors (Lipinski definition) is 8. The molecule has 24 heavy (non-hydrogen) atoms. The van der Waals surface area contributed by atoms with Crippen molar-refractivity contribution in [3.8, 4) is 10.7 Å². The van der Waals surface area contributed by atoms with Gasteiger partial charge in [-0.05, 0) is 0 Å². The lowest BCUT2D eigenvalue weighted by atomic mass is 10.3. The van der Waals surface area contributed by atoms with E-state index in [-0.39, 0.29) is 23.9 Å². The van der Waals surface area contributed by atoms with Crippen LogP contribution in [0.2, 0.25) is 0 Å². The Morgan fingerprint density at radius 1 is 1.17 bits per heavy atom. The molecule has 0 saturated heterocycles. The minimum atomic E-state index is -0.359. The van der Waals surface area contributed by atoms with Crippen LogP contribution in [0.4, 0.5) is 5.13 Å². The normalized spacial score (nSPS) is 10.4. The molecule has 0 aliphatic carbocycles. The molecule has 8 nitrogen and oxygen atoms in total. The Morgan fingerprint density at radius 2 is 2.04 bits per heavy atom. The zero-order valence-corrected chi connectivity index (χ0v) is 14.1. The lowest BCUT2D eigenvalue weighted by Crippen LogP contribution is -2.20. The van der Waals surface area contributed by atoms with Gasteiger partial charge in [0.1, 0.15) is 16.4 Å². The Hall–Kier alpha value is -2.72. The fourth-order valence-corrected chi connectivity index (χ4v) is 3.23. The Bertz CT molecular complexity index is 861. The third-order valence-electron chi connectivity index (χ3n) is 2.91. The van der Waals surface area contributed by atoms with E-state index in [2.05, 4.69) is 30.6 Å². The van der Waals surface area contributed by atoms with Crippen molar-refractivity contribution in [3.05, 3.63) is 40.7 Å². The Morgan fingerprint density at radius 3 is 2.79 bits per heavy atom.